The minimum Gasteiger partial charge on any atom is -0.463 e. The molecule has 1 unspecified atom stereocenters. The molecule has 0 aromatic rings. The Hall–Kier alpha value is -1.10. The second-order valence-electron chi connectivity index (χ2n) is 12.0. The molecule has 5 nitrogen and oxygen atoms in total. The number of carbonyl (C=O) groups is 2. The van der Waals surface area contributed by atoms with Gasteiger partial charge in [0, 0.05) is 12.8 Å². The van der Waals surface area contributed by atoms with Crippen LogP contribution in [0.4, 0.5) is 0 Å². The molecule has 0 amide bonds. The van der Waals surface area contributed by atoms with Crippen LogP contribution >= 0.6 is 0 Å². The van der Waals surface area contributed by atoms with Gasteiger partial charge in [-0.15, -0.1) is 0 Å². The number of ether oxygens (including phenoxy) is 2. The van der Waals surface area contributed by atoms with Crippen molar-refractivity contribution in [3.8, 4) is 0 Å². The number of esters is 2. The summed E-state index contributed by atoms with van der Waals surface area (Å²) >= 11 is 0. The molecule has 0 bridgehead atoms. The van der Waals surface area contributed by atoms with Crippen LogP contribution in [0.2, 0.25) is 0 Å². The van der Waals surface area contributed by atoms with Gasteiger partial charge in [0.25, 0.3) is 0 Å². The number of aliphatic hydroxyl groups excluding tert-OH is 1. The molecule has 0 radical (unpaired) electrons. The van der Waals surface area contributed by atoms with Gasteiger partial charge in [0.05, 0.1) is 0 Å². The van der Waals surface area contributed by atoms with Crippen molar-refractivity contribution in [2.75, 3.05) is 13.2 Å². The van der Waals surface area contributed by atoms with Gasteiger partial charge in [0.15, 0.2) is 0 Å². The third-order valence-electron chi connectivity index (χ3n) is 7.56. The van der Waals surface area contributed by atoms with E-state index in [-0.39, 0.29) is 25.2 Å². The molecular weight excluding hydrogens is 476 g/mol. The van der Waals surface area contributed by atoms with Crippen LogP contribution in [-0.2, 0) is 19.1 Å². The Morgan fingerprint density at radius 3 is 1.26 bits per heavy atom. The van der Waals surface area contributed by atoms with Gasteiger partial charge in [0.1, 0.15) is 19.3 Å². The first-order valence-electron chi connectivity index (χ1n) is 16.3. The summed E-state index contributed by atoms with van der Waals surface area (Å²) in [5, 5.41) is 9.94. The van der Waals surface area contributed by atoms with Crippen LogP contribution < -0.4 is 0 Å². The lowest BCUT2D eigenvalue weighted by molar-refractivity contribution is -0.152. The molecule has 0 aliphatic rings. The van der Waals surface area contributed by atoms with Crippen molar-refractivity contribution in [1.82, 2.24) is 0 Å². The van der Waals surface area contributed by atoms with Crippen molar-refractivity contribution >= 4 is 11.9 Å². The van der Waals surface area contributed by atoms with E-state index in [0.29, 0.717) is 12.8 Å². The SMILES string of the molecule is CCC(C)CCCCCCCCCCC(=O)OC[C@H](O)COC(=O)CCCCCCCCCCCC(C)C. The van der Waals surface area contributed by atoms with E-state index in [1.807, 2.05) is 0 Å². The zero-order chi connectivity index (χ0) is 28.3. The summed E-state index contributed by atoms with van der Waals surface area (Å²) in [4.78, 5) is 23.7. The van der Waals surface area contributed by atoms with Crippen molar-refractivity contribution in [3.05, 3.63) is 0 Å². The molecule has 0 fully saturated rings. The molecule has 0 heterocycles. The molecule has 0 saturated heterocycles. The van der Waals surface area contributed by atoms with E-state index in [9.17, 15) is 14.7 Å². The molecule has 0 spiro atoms. The van der Waals surface area contributed by atoms with Gasteiger partial charge in [-0.2, -0.15) is 0 Å². The van der Waals surface area contributed by atoms with Gasteiger partial charge in [-0.1, -0.05) is 143 Å². The quantitative estimate of drug-likeness (QED) is 0.0790. The van der Waals surface area contributed by atoms with Gasteiger partial charge in [-0.25, -0.2) is 0 Å². The zero-order valence-corrected chi connectivity index (χ0v) is 25.8. The molecule has 38 heavy (non-hydrogen) atoms. The first-order chi connectivity index (χ1) is 18.3. The van der Waals surface area contributed by atoms with E-state index < -0.39 is 6.10 Å². The number of unbranched alkanes of at least 4 members (excludes halogenated alkanes) is 15. The van der Waals surface area contributed by atoms with E-state index in [4.69, 9.17) is 9.47 Å². The first-order valence-corrected chi connectivity index (χ1v) is 16.3. The summed E-state index contributed by atoms with van der Waals surface area (Å²) in [6.45, 7) is 8.95. The Morgan fingerprint density at radius 1 is 0.553 bits per heavy atom. The Kier molecular flexibility index (Phi) is 26.7. The third-order valence-corrected chi connectivity index (χ3v) is 7.56. The molecule has 2 atom stereocenters. The highest BCUT2D eigenvalue weighted by Gasteiger charge is 2.12. The number of carbonyl (C=O) groups excluding carboxylic acids is 2. The maximum atomic E-state index is 11.9. The minimum absolute atomic E-state index is 0.111. The van der Waals surface area contributed by atoms with Gasteiger partial charge in [-0.05, 0) is 24.7 Å². The van der Waals surface area contributed by atoms with Crippen molar-refractivity contribution in [3.63, 3.8) is 0 Å². The summed E-state index contributed by atoms with van der Waals surface area (Å²) in [6, 6.07) is 0. The van der Waals surface area contributed by atoms with Gasteiger partial charge in [-0.3, -0.25) is 9.59 Å². The molecule has 0 rings (SSSR count). The third kappa shape index (κ3) is 27.9. The van der Waals surface area contributed by atoms with Crippen LogP contribution in [0.5, 0.6) is 0 Å². The van der Waals surface area contributed by atoms with Gasteiger partial charge < -0.3 is 14.6 Å². The van der Waals surface area contributed by atoms with E-state index in [2.05, 4.69) is 27.7 Å². The molecule has 0 aromatic heterocycles. The molecule has 5 heteroatoms. The fraction of sp³-hybridized carbons (Fsp3) is 0.939. The summed E-state index contributed by atoms with van der Waals surface area (Å²) < 4.78 is 10.3. The van der Waals surface area contributed by atoms with E-state index >= 15 is 0 Å². The lowest BCUT2D eigenvalue weighted by atomic mass is 9.99. The first kappa shape index (κ1) is 36.9. The Bertz CT molecular complexity index is 533. The molecule has 0 aromatic carbocycles. The average Bonchev–Trinajstić information content (AvgIpc) is 2.89. The van der Waals surface area contributed by atoms with E-state index in [1.165, 1.54) is 89.9 Å². The van der Waals surface area contributed by atoms with Crippen LogP contribution in [0, 0.1) is 11.8 Å². The normalized spacial score (nSPS) is 13.0. The van der Waals surface area contributed by atoms with Gasteiger partial charge in [0.2, 0.25) is 0 Å². The molecule has 0 aliphatic carbocycles. The molecule has 226 valence electrons. The predicted octanol–water partition coefficient (Wildman–Crippen LogP) is 9.33. The monoisotopic (exact) mass is 540 g/mol. The van der Waals surface area contributed by atoms with Crippen molar-refractivity contribution in [2.45, 2.75) is 175 Å². The summed E-state index contributed by atoms with van der Waals surface area (Å²) in [5.41, 5.74) is 0. The Labute approximate surface area is 236 Å². The van der Waals surface area contributed by atoms with Crippen molar-refractivity contribution < 1.29 is 24.2 Å². The maximum Gasteiger partial charge on any atom is 0.305 e. The summed E-state index contributed by atoms with van der Waals surface area (Å²) in [7, 11) is 0. The lowest BCUT2D eigenvalue weighted by Gasteiger charge is -2.12. The second kappa shape index (κ2) is 27.5. The number of aliphatic hydroxyl groups is 1. The smallest absolute Gasteiger partial charge is 0.305 e. The topological polar surface area (TPSA) is 72.8 Å². The Morgan fingerprint density at radius 2 is 0.895 bits per heavy atom. The average molecular weight is 541 g/mol. The lowest BCUT2D eigenvalue weighted by Crippen LogP contribution is -2.25. The largest absolute Gasteiger partial charge is 0.463 e. The number of hydrogen-bond donors (Lipinski definition) is 1. The highest BCUT2D eigenvalue weighted by Crippen LogP contribution is 2.16. The molecule has 1 N–H and O–H groups in total. The van der Waals surface area contributed by atoms with Crippen LogP contribution in [-0.4, -0.2) is 36.4 Å². The maximum absolute atomic E-state index is 11.9. The highest BCUT2D eigenvalue weighted by molar-refractivity contribution is 5.69. The second-order valence-corrected chi connectivity index (χ2v) is 12.0. The molecule has 0 saturated carbocycles. The fourth-order valence-electron chi connectivity index (χ4n) is 4.66. The predicted molar refractivity (Wildman–Crippen MR) is 159 cm³/mol. The van der Waals surface area contributed by atoms with Crippen LogP contribution in [0.3, 0.4) is 0 Å². The van der Waals surface area contributed by atoms with E-state index in [0.717, 1.165) is 50.4 Å². The number of rotatable bonds is 28. The van der Waals surface area contributed by atoms with Crippen molar-refractivity contribution in [2.24, 2.45) is 11.8 Å². The van der Waals surface area contributed by atoms with Crippen molar-refractivity contribution in [1.29, 1.82) is 0 Å². The van der Waals surface area contributed by atoms with E-state index in [1.54, 1.807) is 0 Å². The van der Waals surface area contributed by atoms with Gasteiger partial charge >= 0.3 is 11.9 Å². The minimum atomic E-state index is -0.955. The van der Waals surface area contributed by atoms with Crippen LogP contribution in [0.25, 0.3) is 0 Å². The van der Waals surface area contributed by atoms with Crippen LogP contribution in [0.15, 0.2) is 0 Å². The Balaban J connectivity index is 3.44. The summed E-state index contributed by atoms with van der Waals surface area (Å²) in [6.07, 6.45) is 24.3. The van der Waals surface area contributed by atoms with Crippen LogP contribution in [0.1, 0.15) is 169 Å². The zero-order valence-electron chi connectivity index (χ0n) is 25.8. The molecular formula is C33H64O5. The molecule has 0 aliphatic heterocycles. The standard InChI is InChI=1S/C33H64O5/c1-5-30(4)24-20-16-12-9-10-14-18-22-26-33(36)38-28-31(34)27-37-32(35)25-21-17-13-8-6-7-11-15-19-23-29(2)3/h29-31,34H,5-28H2,1-4H3/t30?,31-/m1/s1. The fourth-order valence-corrected chi connectivity index (χ4v) is 4.66. The highest BCUT2D eigenvalue weighted by atomic mass is 16.6. The summed E-state index contributed by atoms with van der Waals surface area (Å²) in [5.74, 6) is 1.12. The number of hydrogen-bond acceptors (Lipinski definition) is 5.